The molecule has 2 aliphatic heterocycles. The third-order valence-electron chi connectivity index (χ3n) is 7.17. The molecule has 2 aromatic rings. The summed E-state index contributed by atoms with van der Waals surface area (Å²) in [6.45, 7) is 6.06. The van der Waals surface area contributed by atoms with Gasteiger partial charge in [-0.05, 0) is 55.9 Å². The number of carbonyl (C=O) groups excluding carboxylic acids is 1. The molecule has 0 spiro atoms. The summed E-state index contributed by atoms with van der Waals surface area (Å²) in [5.74, 6) is 1.51. The van der Waals surface area contributed by atoms with Crippen molar-refractivity contribution in [2.75, 3.05) is 48.5 Å². The number of rotatable bonds is 3. The number of nitrogens with one attached hydrogen (secondary N) is 1. The van der Waals surface area contributed by atoms with E-state index in [4.69, 9.17) is 9.47 Å². The highest BCUT2D eigenvalue weighted by atomic mass is 16.5. The maximum absolute atomic E-state index is 13.9. The van der Waals surface area contributed by atoms with Crippen molar-refractivity contribution in [1.29, 1.82) is 0 Å². The van der Waals surface area contributed by atoms with Crippen LogP contribution in [0.2, 0.25) is 0 Å². The first kappa shape index (κ1) is 22.2. The molecule has 5 rings (SSSR count). The Morgan fingerprint density at radius 1 is 1.21 bits per heavy atom. The van der Waals surface area contributed by atoms with E-state index < -0.39 is 0 Å². The van der Waals surface area contributed by atoms with Crippen molar-refractivity contribution in [3.8, 4) is 0 Å². The smallest absolute Gasteiger partial charge is 0.230 e. The molecule has 1 aromatic carbocycles. The van der Waals surface area contributed by atoms with Gasteiger partial charge in [-0.3, -0.25) is 4.79 Å². The van der Waals surface area contributed by atoms with Crippen LogP contribution < -0.4 is 15.1 Å². The van der Waals surface area contributed by atoms with Gasteiger partial charge in [0.1, 0.15) is 5.82 Å². The Morgan fingerprint density at radius 3 is 2.88 bits per heavy atom. The summed E-state index contributed by atoms with van der Waals surface area (Å²) in [4.78, 5) is 22.8. The number of aromatic nitrogens is 1. The van der Waals surface area contributed by atoms with E-state index in [1.807, 2.05) is 11.0 Å². The molecule has 7 nitrogen and oxygen atoms in total. The van der Waals surface area contributed by atoms with E-state index in [-0.39, 0.29) is 17.9 Å². The van der Waals surface area contributed by atoms with Crippen LogP contribution in [-0.2, 0) is 20.8 Å². The summed E-state index contributed by atoms with van der Waals surface area (Å²) >= 11 is 0. The van der Waals surface area contributed by atoms with Crippen molar-refractivity contribution in [1.82, 2.24) is 4.98 Å². The molecule has 7 heteroatoms. The fourth-order valence-electron chi connectivity index (χ4n) is 5.28. The lowest BCUT2D eigenvalue weighted by Crippen LogP contribution is -2.38. The van der Waals surface area contributed by atoms with Crippen LogP contribution in [-0.4, -0.2) is 50.4 Å². The third-order valence-corrected chi connectivity index (χ3v) is 7.17. The average Bonchev–Trinajstić information content (AvgIpc) is 3.17. The van der Waals surface area contributed by atoms with Crippen molar-refractivity contribution >= 4 is 28.8 Å². The number of amides is 1. The molecular weight excluding hydrogens is 416 g/mol. The number of hydrogen-bond donors (Lipinski definition) is 1. The van der Waals surface area contributed by atoms with Gasteiger partial charge in [-0.1, -0.05) is 13.0 Å². The second kappa shape index (κ2) is 9.69. The molecule has 1 unspecified atom stereocenters. The Kier molecular flexibility index (Phi) is 6.51. The minimum absolute atomic E-state index is 0.0257. The van der Waals surface area contributed by atoms with Crippen molar-refractivity contribution in [2.24, 2.45) is 11.8 Å². The predicted octanol–water partition coefficient (Wildman–Crippen LogP) is 4.35. The van der Waals surface area contributed by atoms with Gasteiger partial charge in [0.15, 0.2) is 0 Å². The molecule has 1 atom stereocenters. The second-order valence-electron chi connectivity index (χ2n) is 9.60. The molecule has 176 valence electrons. The highest BCUT2D eigenvalue weighted by Crippen LogP contribution is 2.40. The molecule has 2 fully saturated rings. The molecule has 0 bridgehead atoms. The first-order valence-electron chi connectivity index (χ1n) is 12.1. The maximum Gasteiger partial charge on any atom is 0.230 e. The first-order chi connectivity index (χ1) is 16.1. The standard InChI is InChI=1S/C26H34N4O3/c1-18-15-29(12-13-33-17-18)21-7-10-23-24(14-21)30(16-20-4-3-11-27-25(20)28-23)26(31)19-5-8-22(32-2)9-6-19/h3-4,7,10-11,14,18-19,22H,5-6,8-9,12-13,15-17H2,1-2H3,(H,27,28). The zero-order valence-corrected chi connectivity index (χ0v) is 19.6. The second-order valence-corrected chi connectivity index (χ2v) is 9.60. The molecule has 1 aliphatic carbocycles. The summed E-state index contributed by atoms with van der Waals surface area (Å²) in [5.41, 5.74) is 4.02. The van der Waals surface area contributed by atoms with Crippen LogP contribution >= 0.6 is 0 Å². The van der Waals surface area contributed by atoms with E-state index in [1.54, 1.807) is 13.3 Å². The van der Waals surface area contributed by atoms with Crippen LogP contribution in [0.5, 0.6) is 0 Å². The van der Waals surface area contributed by atoms with Gasteiger partial charge in [0.2, 0.25) is 5.91 Å². The van der Waals surface area contributed by atoms with Crippen LogP contribution in [0.15, 0.2) is 36.5 Å². The van der Waals surface area contributed by atoms with Crippen molar-refractivity contribution in [3.63, 3.8) is 0 Å². The molecule has 33 heavy (non-hydrogen) atoms. The van der Waals surface area contributed by atoms with Crippen molar-refractivity contribution in [3.05, 3.63) is 42.1 Å². The molecule has 1 N–H and O–H groups in total. The highest BCUT2D eigenvalue weighted by Gasteiger charge is 2.33. The molecule has 0 radical (unpaired) electrons. The average molecular weight is 451 g/mol. The lowest BCUT2D eigenvalue weighted by Gasteiger charge is -2.32. The monoisotopic (exact) mass is 450 g/mol. The molecule has 1 saturated carbocycles. The fraction of sp³-hybridized carbons (Fsp3) is 0.538. The van der Waals surface area contributed by atoms with Gasteiger partial charge in [0.25, 0.3) is 0 Å². The van der Waals surface area contributed by atoms with Crippen LogP contribution in [0.25, 0.3) is 0 Å². The zero-order valence-electron chi connectivity index (χ0n) is 19.6. The summed E-state index contributed by atoms with van der Waals surface area (Å²) < 4.78 is 11.3. The Labute approximate surface area is 196 Å². The van der Waals surface area contributed by atoms with Crippen LogP contribution in [0, 0.1) is 11.8 Å². The lowest BCUT2D eigenvalue weighted by molar-refractivity contribution is -0.124. The number of pyridine rings is 1. The van der Waals surface area contributed by atoms with E-state index in [2.05, 4.69) is 46.4 Å². The Morgan fingerprint density at radius 2 is 2.06 bits per heavy atom. The number of methoxy groups -OCH3 is 1. The fourth-order valence-corrected chi connectivity index (χ4v) is 5.28. The number of anilines is 4. The Balaban J connectivity index is 1.49. The number of hydrogen-bond acceptors (Lipinski definition) is 6. The summed E-state index contributed by atoms with van der Waals surface area (Å²) in [6.07, 6.45) is 5.69. The number of benzene rings is 1. The van der Waals surface area contributed by atoms with Gasteiger partial charge >= 0.3 is 0 Å². The van der Waals surface area contributed by atoms with E-state index in [1.165, 1.54) is 0 Å². The van der Waals surface area contributed by atoms with Gasteiger partial charge < -0.3 is 24.6 Å². The topological polar surface area (TPSA) is 66.9 Å². The van der Waals surface area contributed by atoms with Crippen LogP contribution in [0.1, 0.15) is 38.2 Å². The Bertz CT molecular complexity index is 989. The first-order valence-corrected chi connectivity index (χ1v) is 12.1. The SMILES string of the molecule is COC1CCC(C(=O)N2Cc3cccnc3Nc3ccc(N4CCOCC(C)C4)cc32)CC1. The molecule has 1 amide bonds. The molecule has 3 heterocycles. The molecule has 3 aliphatic rings. The summed E-state index contributed by atoms with van der Waals surface area (Å²) in [6, 6.07) is 10.4. The molecular formula is C26H34N4O3. The molecule has 1 aromatic heterocycles. The van der Waals surface area contributed by atoms with Gasteiger partial charge in [-0.25, -0.2) is 4.98 Å². The van der Waals surface area contributed by atoms with Gasteiger partial charge in [-0.15, -0.1) is 0 Å². The summed E-state index contributed by atoms with van der Waals surface area (Å²) in [7, 11) is 1.77. The van der Waals surface area contributed by atoms with Gasteiger partial charge in [-0.2, -0.15) is 0 Å². The van der Waals surface area contributed by atoms with E-state index in [9.17, 15) is 4.79 Å². The summed E-state index contributed by atoms with van der Waals surface area (Å²) in [5, 5.41) is 3.49. The minimum Gasteiger partial charge on any atom is -0.381 e. The largest absolute Gasteiger partial charge is 0.381 e. The van der Waals surface area contributed by atoms with Gasteiger partial charge in [0, 0.05) is 43.6 Å². The lowest BCUT2D eigenvalue weighted by atomic mass is 9.86. The van der Waals surface area contributed by atoms with E-state index in [0.717, 1.165) is 80.4 Å². The highest BCUT2D eigenvalue weighted by molar-refractivity contribution is 6.00. The van der Waals surface area contributed by atoms with Crippen molar-refractivity contribution in [2.45, 2.75) is 45.3 Å². The van der Waals surface area contributed by atoms with Crippen LogP contribution in [0.3, 0.4) is 0 Å². The van der Waals surface area contributed by atoms with Gasteiger partial charge in [0.05, 0.1) is 37.2 Å². The quantitative estimate of drug-likeness (QED) is 0.750. The third kappa shape index (κ3) is 4.70. The van der Waals surface area contributed by atoms with Crippen LogP contribution in [0.4, 0.5) is 22.9 Å². The maximum atomic E-state index is 13.9. The number of nitrogens with zero attached hydrogens (tertiary/aromatic N) is 3. The number of carbonyl (C=O) groups is 1. The number of fused-ring (bicyclic) bond motifs is 2. The minimum atomic E-state index is 0.0257. The Hall–Kier alpha value is -2.64. The zero-order chi connectivity index (χ0) is 22.8. The van der Waals surface area contributed by atoms with E-state index in [0.29, 0.717) is 12.5 Å². The normalized spacial score (nSPS) is 25.3. The van der Waals surface area contributed by atoms with Crippen molar-refractivity contribution < 1.29 is 14.3 Å². The predicted molar refractivity (Wildman–Crippen MR) is 130 cm³/mol. The van der Waals surface area contributed by atoms with E-state index >= 15 is 0 Å². The number of ether oxygens (including phenoxy) is 2. The molecule has 1 saturated heterocycles.